The third-order valence-electron chi connectivity index (χ3n) is 4.09. The molecule has 1 aliphatic carbocycles. The van der Waals surface area contributed by atoms with Crippen LogP contribution in [0, 0.1) is 12.3 Å². The summed E-state index contributed by atoms with van der Waals surface area (Å²) in [6, 6.07) is 1.02. The van der Waals surface area contributed by atoms with Crippen LogP contribution in [-0.4, -0.2) is 25.5 Å². The van der Waals surface area contributed by atoms with Crippen molar-refractivity contribution < 1.29 is 18.3 Å². The highest BCUT2D eigenvalue weighted by Crippen LogP contribution is 2.38. The first-order valence-corrected chi connectivity index (χ1v) is 9.78. The zero-order valence-corrected chi connectivity index (χ0v) is 15.1. The fraction of sp³-hybridized carbons (Fsp3) is 0.615. The molecule has 0 bridgehead atoms. The molecule has 1 heterocycles. The molecule has 21 heavy (non-hydrogen) atoms. The van der Waals surface area contributed by atoms with Gasteiger partial charge in [-0.1, -0.05) is 12.8 Å². The lowest BCUT2D eigenvalue weighted by Crippen LogP contribution is -2.51. The summed E-state index contributed by atoms with van der Waals surface area (Å²) in [7, 11) is -3.69. The Bertz CT molecular complexity index is 636. The van der Waals surface area contributed by atoms with Crippen LogP contribution in [0.1, 0.15) is 38.2 Å². The number of hydrogen-bond donors (Lipinski definition) is 2. The van der Waals surface area contributed by atoms with Gasteiger partial charge in [0.25, 0.3) is 0 Å². The van der Waals surface area contributed by atoms with Gasteiger partial charge >= 0.3 is 5.97 Å². The Balaban J connectivity index is 2.28. The van der Waals surface area contributed by atoms with Crippen molar-refractivity contribution in [1.82, 2.24) is 4.72 Å². The van der Waals surface area contributed by atoms with Crippen LogP contribution in [0.4, 0.5) is 0 Å². The van der Waals surface area contributed by atoms with E-state index in [9.17, 15) is 18.3 Å². The van der Waals surface area contributed by atoms with Gasteiger partial charge < -0.3 is 5.11 Å². The Morgan fingerprint density at radius 1 is 1.52 bits per heavy atom. The number of sulfonamides is 1. The minimum Gasteiger partial charge on any atom is -0.481 e. The van der Waals surface area contributed by atoms with Crippen molar-refractivity contribution in [2.24, 2.45) is 5.41 Å². The largest absolute Gasteiger partial charge is 0.481 e. The Kier molecular flexibility index (Phi) is 4.82. The number of carboxylic acid groups (broad SMARTS) is 1. The quantitative estimate of drug-likeness (QED) is 0.819. The van der Waals surface area contributed by atoms with E-state index < -0.39 is 27.4 Å². The molecule has 0 radical (unpaired) electrons. The third kappa shape index (κ3) is 3.33. The number of nitrogens with one attached hydrogen (secondary N) is 1. The van der Waals surface area contributed by atoms with E-state index >= 15 is 0 Å². The summed E-state index contributed by atoms with van der Waals surface area (Å²) in [5, 5.41) is 9.44. The monoisotopic (exact) mass is 395 g/mol. The summed E-state index contributed by atoms with van der Waals surface area (Å²) >= 11 is 4.45. The number of halogens is 1. The molecule has 1 aromatic rings. The first-order valence-electron chi connectivity index (χ1n) is 6.68. The van der Waals surface area contributed by atoms with Crippen LogP contribution in [-0.2, 0) is 14.8 Å². The van der Waals surface area contributed by atoms with Gasteiger partial charge in [0, 0.05) is 6.04 Å². The molecule has 1 aliphatic rings. The van der Waals surface area contributed by atoms with Crippen LogP contribution in [0.25, 0.3) is 0 Å². The van der Waals surface area contributed by atoms with E-state index in [-0.39, 0.29) is 4.21 Å². The van der Waals surface area contributed by atoms with Crippen molar-refractivity contribution in [2.75, 3.05) is 0 Å². The molecule has 1 aromatic heterocycles. The number of carbonyl (C=O) groups is 1. The van der Waals surface area contributed by atoms with Gasteiger partial charge in [-0.05, 0) is 54.2 Å². The number of aryl methyl sites for hydroxylation is 1. The highest BCUT2D eigenvalue weighted by molar-refractivity contribution is 9.11. The van der Waals surface area contributed by atoms with Crippen LogP contribution >= 0.6 is 27.3 Å². The van der Waals surface area contributed by atoms with Crippen LogP contribution in [0.5, 0.6) is 0 Å². The molecule has 1 fully saturated rings. The van der Waals surface area contributed by atoms with Gasteiger partial charge in [-0.15, -0.1) is 11.3 Å². The number of hydrogen-bond acceptors (Lipinski definition) is 4. The SMILES string of the molecule is Cc1cc(S(=O)(=O)NC2CCCCC2(C)C(=O)O)sc1Br. The van der Waals surface area contributed by atoms with E-state index in [1.807, 2.05) is 6.92 Å². The lowest BCUT2D eigenvalue weighted by atomic mass is 9.72. The van der Waals surface area contributed by atoms with Crippen LogP contribution in [0.15, 0.2) is 14.1 Å². The predicted molar refractivity (Wildman–Crippen MR) is 85.1 cm³/mol. The molecule has 5 nitrogen and oxygen atoms in total. The zero-order chi connectivity index (χ0) is 15.8. The van der Waals surface area contributed by atoms with E-state index in [1.165, 1.54) is 0 Å². The molecule has 2 atom stereocenters. The van der Waals surface area contributed by atoms with E-state index in [0.29, 0.717) is 12.8 Å². The fourth-order valence-electron chi connectivity index (χ4n) is 2.59. The standard InChI is InChI=1S/C13H18BrNO4S2/c1-8-7-10(20-11(8)14)21(18,19)15-9-5-3-4-6-13(9,2)12(16)17/h7,9,15H,3-6H2,1-2H3,(H,16,17). The molecule has 0 amide bonds. The molecule has 118 valence electrons. The van der Waals surface area contributed by atoms with E-state index in [4.69, 9.17) is 0 Å². The minimum absolute atomic E-state index is 0.213. The summed E-state index contributed by atoms with van der Waals surface area (Å²) in [4.78, 5) is 11.5. The van der Waals surface area contributed by atoms with Crippen molar-refractivity contribution in [3.05, 3.63) is 15.4 Å². The van der Waals surface area contributed by atoms with Gasteiger partial charge in [-0.25, -0.2) is 13.1 Å². The molecule has 2 rings (SSSR count). The highest BCUT2D eigenvalue weighted by Gasteiger charge is 2.45. The van der Waals surface area contributed by atoms with Crippen molar-refractivity contribution in [3.63, 3.8) is 0 Å². The molecule has 1 saturated carbocycles. The normalized spacial score (nSPS) is 26.7. The van der Waals surface area contributed by atoms with Crippen molar-refractivity contribution in [1.29, 1.82) is 0 Å². The maximum absolute atomic E-state index is 12.5. The van der Waals surface area contributed by atoms with Gasteiger partial charge in [0.1, 0.15) is 4.21 Å². The number of rotatable bonds is 4. The Labute approximate surface area is 136 Å². The lowest BCUT2D eigenvalue weighted by Gasteiger charge is -2.37. The first kappa shape index (κ1) is 16.9. The summed E-state index contributed by atoms with van der Waals surface area (Å²) in [5.74, 6) is -0.946. The summed E-state index contributed by atoms with van der Waals surface area (Å²) in [6.07, 6.45) is 2.68. The van der Waals surface area contributed by atoms with Crippen LogP contribution < -0.4 is 4.72 Å². The Morgan fingerprint density at radius 2 is 2.19 bits per heavy atom. The molecule has 8 heteroatoms. The average molecular weight is 396 g/mol. The third-order valence-corrected chi connectivity index (χ3v) is 8.18. The summed E-state index contributed by atoms with van der Waals surface area (Å²) in [6.45, 7) is 3.44. The maximum atomic E-state index is 12.5. The van der Waals surface area contributed by atoms with Gasteiger partial charge in [0.15, 0.2) is 0 Å². The first-order chi connectivity index (χ1) is 9.67. The number of carboxylic acids is 1. The van der Waals surface area contributed by atoms with Crippen molar-refractivity contribution >= 4 is 43.3 Å². The molecule has 0 aromatic carbocycles. The fourth-order valence-corrected chi connectivity index (χ4v) is 6.21. The van der Waals surface area contributed by atoms with Gasteiger partial charge in [-0.3, -0.25) is 4.79 Å². The molecule has 2 N–H and O–H groups in total. The maximum Gasteiger partial charge on any atom is 0.310 e. The molecular formula is C13H18BrNO4S2. The summed E-state index contributed by atoms with van der Waals surface area (Å²) < 4.78 is 28.5. The van der Waals surface area contributed by atoms with Crippen LogP contribution in [0.3, 0.4) is 0 Å². The molecule has 2 unspecified atom stereocenters. The Morgan fingerprint density at radius 3 is 2.71 bits per heavy atom. The molecule has 0 saturated heterocycles. The molecule has 0 aliphatic heterocycles. The average Bonchev–Trinajstić information content (AvgIpc) is 2.73. The molecule has 0 spiro atoms. The van der Waals surface area contributed by atoms with E-state index in [2.05, 4.69) is 20.7 Å². The van der Waals surface area contributed by atoms with Crippen molar-refractivity contribution in [3.8, 4) is 0 Å². The smallest absolute Gasteiger partial charge is 0.310 e. The second kappa shape index (κ2) is 5.98. The van der Waals surface area contributed by atoms with E-state index in [0.717, 1.165) is 33.5 Å². The van der Waals surface area contributed by atoms with E-state index in [1.54, 1.807) is 13.0 Å². The topological polar surface area (TPSA) is 83.5 Å². The van der Waals surface area contributed by atoms with Crippen molar-refractivity contribution in [2.45, 2.75) is 49.8 Å². The van der Waals surface area contributed by atoms with Gasteiger partial charge in [0.05, 0.1) is 9.20 Å². The summed E-state index contributed by atoms with van der Waals surface area (Å²) in [5.41, 5.74) is -0.195. The minimum atomic E-state index is -3.69. The van der Waals surface area contributed by atoms with Gasteiger partial charge in [0.2, 0.25) is 10.0 Å². The lowest BCUT2D eigenvalue weighted by molar-refractivity contribution is -0.151. The second-order valence-corrected chi connectivity index (χ2v) is 9.98. The van der Waals surface area contributed by atoms with Crippen LogP contribution in [0.2, 0.25) is 0 Å². The predicted octanol–water partition coefficient (Wildman–Crippen LogP) is 3.13. The molecular weight excluding hydrogens is 378 g/mol. The zero-order valence-electron chi connectivity index (χ0n) is 11.8. The van der Waals surface area contributed by atoms with Gasteiger partial charge in [-0.2, -0.15) is 0 Å². The highest BCUT2D eigenvalue weighted by atomic mass is 79.9. The number of thiophene rings is 1. The Hall–Kier alpha value is -0.440. The number of aliphatic carboxylic acids is 1. The second-order valence-electron chi connectivity index (χ2n) is 5.66.